The van der Waals surface area contributed by atoms with E-state index in [9.17, 15) is 0 Å². The highest BCUT2D eigenvalue weighted by Gasteiger charge is 2.36. The number of nitrogens with zero attached hydrogens (tertiary/aromatic N) is 3. The maximum Gasteiger partial charge on any atom is 0.115 e. The van der Waals surface area contributed by atoms with Gasteiger partial charge in [-0.15, -0.1) is 0 Å². The van der Waals surface area contributed by atoms with Crippen molar-refractivity contribution >= 4 is 5.69 Å². The number of hydrogen-bond acceptors (Lipinski definition) is 3. The minimum Gasteiger partial charge on any atom is -0.363 e. The minimum atomic E-state index is 0.764. The highest BCUT2D eigenvalue weighted by molar-refractivity contribution is 5.46. The lowest BCUT2D eigenvalue weighted by Gasteiger charge is -2.36. The summed E-state index contributed by atoms with van der Waals surface area (Å²) in [6.07, 6.45) is 12.3. The third-order valence-electron chi connectivity index (χ3n) is 3.54. The van der Waals surface area contributed by atoms with Crippen molar-refractivity contribution in [2.45, 2.75) is 44.2 Å². The van der Waals surface area contributed by atoms with Crippen LogP contribution in [0.3, 0.4) is 0 Å². The van der Waals surface area contributed by atoms with E-state index in [1.807, 2.05) is 12.4 Å². The molecule has 74 valence electrons. The lowest BCUT2D eigenvalue weighted by molar-refractivity contribution is 0.467. The fourth-order valence-electron chi connectivity index (χ4n) is 2.96. The zero-order valence-corrected chi connectivity index (χ0v) is 8.26. The minimum absolute atomic E-state index is 0.764. The van der Waals surface area contributed by atoms with Gasteiger partial charge in [-0.05, 0) is 32.1 Å². The van der Waals surface area contributed by atoms with Crippen LogP contribution in [0.25, 0.3) is 0 Å². The molecule has 3 nitrogen and oxygen atoms in total. The average molecular weight is 189 g/mol. The van der Waals surface area contributed by atoms with Crippen LogP contribution in [-0.4, -0.2) is 22.1 Å². The molecular formula is C11H15N3. The van der Waals surface area contributed by atoms with Gasteiger partial charge in [0.2, 0.25) is 0 Å². The van der Waals surface area contributed by atoms with E-state index < -0.39 is 0 Å². The largest absolute Gasteiger partial charge is 0.363 e. The van der Waals surface area contributed by atoms with Gasteiger partial charge < -0.3 is 4.90 Å². The number of fused-ring (bicyclic) bond motifs is 2. The van der Waals surface area contributed by atoms with Gasteiger partial charge in [0.25, 0.3) is 0 Å². The molecule has 14 heavy (non-hydrogen) atoms. The summed E-state index contributed by atoms with van der Waals surface area (Å²) in [5.41, 5.74) is 1.22. The van der Waals surface area contributed by atoms with Crippen LogP contribution < -0.4 is 4.90 Å². The molecule has 0 aromatic carbocycles. The van der Waals surface area contributed by atoms with Crippen LogP contribution in [0.4, 0.5) is 5.69 Å². The van der Waals surface area contributed by atoms with E-state index >= 15 is 0 Å². The maximum atomic E-state index is 4.10. The first-order valence-corrected chi connectivity index (χ1v) is 5.48. The van der Waals surface area contributed by atoms with Crippen molar-refractivity contribution in [3.8, 4) is 0 Å². The van der Waals surface area contributed by atoms with Gasteiger partial charge in [-0.2, -0.15) is 0 Å². The monoisotopic (exact) mass is 189 g/mol. The second-order valence-electron chi connectivity index (χ2n) is 4.32. The number of rotatable bonds is 1. The fourth-order valence-corrected chi connectivity index (χ4v) is 2.96. The second kappa shape index (κ2) is 3.23. The maximum absolute atomic E-state index is 4.10. The quantitative estimate of drug-likeness (QED) is 0.676. The molecular weight excluding hydrogens is 174 g/mol. The van der Waals surface area contributed by atoms with Crippen molar-refractivity contribution in [3.05, 3.63) is 18.7 Å². The predicted octanol–water partition coefficient (Wildman–Crippen LogP) is 2.00. The van der Waals surface area contributed by atoms with Crippen LogP contribution in [0.2, 0.25) is 0 Å². The Hall–Kier alpha value is -1.12. The molecule has 0 amide bonds. The van der Waals surface area contributed by atoms with Crippen molar-refractivity contribution in [2.24, 2.45) is 0 Å². The molecule has 2 aliphatic heterocycles. The Morgan fingerprint density at radius 2 is 1.64 bits per heavy atom. The van der Waals surface area contributed by atoms with Gasteiger partial charge in [0, 0.05) is 12.1 Å². The molecule has 2 aliphatic rings. The molecule has 2 fully saturated rings. The summed E-state index contributed by atoms with van der Waals surface area (Å²) < 4.78 is 0. The summed E-state index contributed by atoms with van der Waals surface area (Å²) >= 11 is 0. The van der Waals surface area contributed by atoms with Crippen LogP contribution in [0.15, 0.2) is 18.7 Å². The van der Waals surface area contributed by atoms with E-state index in [-0.39, 0.29) is 0 Å². The topological polar surface area (TPSA) is 29.0 Å². The Morgan fingerprint density at radius 3 is 2.29 bits per heavy atom. The van der Waals surface area contributed by atoms with Crippen LogP contribution >= 0.6 is 0 Å². The lowest BCUT2D eigenvalue weighted by atomic mass is 10.0. The van der Waals surface area contributed by atoms with Gasteiger partial charge in [0.1, 0.15) is 6.33 Å². The van der Waals surface area contributed by atoms with E-state index in [4.69, 9.17) is 0 Å². The van der Waals surface area contributed by atoms with Crippen molar-refractivity contribution in [1.29, 1.82) is 0 Å². The number of aromatic nitrogens is 2. The van der Waals surface area contributed by atoms with Gasteiger partial charge in [-0.1, -0.05) is 0 Å². The molecule has 1 aromatic rings. The van der Waals surface area contributed by atoms with Crippen molar-refractivity contribution < 1.29 is 0 Å². The molecule has 3 heteroatoms. The van der Waals surface area contributed by atoms with Crippen LogP contribution in [0.5, 0.6) is 0 Å². The third-order valence-corrected chi connectivity index (χ3v) is 3.54. The number of anilines is 1. The molecule has 2 unspecified atom stereocenters. The zero-order chi connectivity index (χ0) is 9.38. The molecule has 0 saturated carbocycles. The Balaban J connectivity index is 1.92. The highest BCUT2D eigenvalue weighted by Crippen LogP contribution is 2.38. The van der Waals surface area contributed by atoms with Crippen molar-refractivity contribution in [1.82, 2.24) is 9.97 Å². The third kappa shape index (κ3) is 1.19. The van der Waals surface area contributed by atoms with Gasteiger partial charge in [-0.3, -0.25) is 0 Å². The predicted molar refractivity (Wildman–Crippen MR) is 55.2 cm³/mol. The lowest BCUT2D eigenvalue weighted by Crippen LogP contribution is -2.39. The summed E-state index contributed by atoms with van der Waals surface area (Å²) in [4.78, 5) is 10.8. The van der Waals surface area contributed by atoms with Gasteiger partial charge >= 0.3 is 0 Å². The standard InChI is InChI=1S/C11H15N3/c1-2-9-4-5-10(3-1)14(9)11-6-12-8-13-7-11/h6-10H,1-5H2. The highest BCUT2D eigenvalue weighted by atomic mass is 15.2. The van der Waals surface area contributed by atoms with Crippen LogP contribution in [-0.2, 0) is 0 Å². The molecule has 2 bridgehead atoms. The number of piperidine rings is 1. The molecule has 0 radical (unpaired) electrons. The summed E-state index contributed by atoms with van der Waals surface area (Å²) in [5, 5.41) is 0. The smallest absolute Gasteiger partial charge is 0.115 e. The first-order chi connectivity index (χ1) is 6.95. The molecule has 2 saturated heterocycles. The molecule has 0 aliphatic carbocycles. The van der Waals surface area contributed by atoms with E-state index in [1.54, 1.807) is 6.33 Å². The molecule has 1 aromatic heterocycles. The fraction of sp³-hybridized carbons (Fsp3) is 0.636. The van der Waals surface area contributed by atoms with Gasteiger partial charge in [0.05, 0.1) is 18.1 Å². The van der Waals surface area contributed by atoms with E-state index in [1.165, 1.54) is 37.8 Å². The SMILES string of the molecule is c1ncc(N2C3CCCC2CC3)cn1. The van der Waals surface area contributed by atoms with Crippen molar-refractivity contribution in [2.75, 3.05) is 4.90 Å². The number of hydrogen-bond donors (Lipinski definition) is 0. The zero-order valence-electron chi connectivity index (χ0n) is 8.26. The Bertz CT molecular complexity index is 296. The molecule has 0 spiro atoms. The Labute approximate surface area is 84.2 Å². The van der Waals surface area contributed by atoms with Crippen LogP contribution in [0.1, 0.15) is 32.1 Å². The van der Waals surface area contributed by atoms with Gasteiger partial charge in [-0.25, -0.2) is 9.97 Å². The summed E-state index contributed by atoms with van der Waals surface area (Å²) in [6, 6.07) is 1.53. The summed E-state index contributed by atoms with van der Waals surface area (Å²) in [5.74, 6) is 0. The van der Waals surface area contributed by atoms with Gasteiger partial charge in [0.15, 0.2) is 0 Å². The molecule has 2 atom stereocenters. The molecule has 3 rings (SSSR count). The first kappa shape index (κ1) is 8.21. The van der Waals surface area contributed by atoms with Crippen molar-refractivity contribution in [3.63, 3.8) is 0 Å². The van der Waals surface area contributed by atoms with Crippen LogP contribution in [0, 0.1) is 0 Å². The average Bonchev–Trinajstić information content (AvgIpc) is 2.50. The first-order valence-electron chi connectivity index (χ1n) is 5.48. The second-order valence-corrected chi connectivity index (χ2v) is 4.32. The Morgan fingerprint density at radius 1 is 1.00 bits per heavy atom. The van der Waals surface area contributed by atoms with E-state index in [0.29, 0.717) is 0 Å². The summed E-state index contributed by atoms with van der Waals surface area (Å²) in [6.45, 7) is 0. The molecule has 3 heterocycles. The molecule has 0 N–H and O–H groups in total. The Kier molecular flexibility index (Phi) is 1.89. The normalized spacial score (nSPS) is 30.7. The van der Waals surface area contributed by atoms with E-state index in [2.05, 4.69) is 14.9 Å². The summed E-state index contributed by atoms with van der Waals surface area (Å²) in [7, 11) is 0. The van der Waals surface area contributed by atoms with E-state index in [0.717, 1.165) is 12.1 Å².